The quantitative estimate of drug-likeness (QED) is 0.113. The molecule has 678 valence electrons. The van der Waals surface area contributed by atoms with Crippen LogP contribution in [0, 0.1) is 0 Å². The monoisotopic (exact) mass is 1870 g/mol. The number of benzene rings is 21. The van der Waals surface area contributed by atoms with E-state index in [1.54, 1.807) is 6.07 Å². The fraction of sp³-hybridized carbons (Fsp3) is 0. The van der Waals surface area contributed by atoms with Crippen LogP contribution >= 0.6 is 11.3 Å². The first-order valence-corrected chi connectivity index (χ1v) is 49.4. The van der Waals surface area contributed by atoms with E-state index in [2.05, 4.69) is 312 Å². The first-order chi connectivity index (χ1) is 73.6. The highest BCUT2D eigenvalue weighted by Gasteiger charge is 2.28. The van der Waals surface area contributed by atoms with Crippen molar-refractivity contribution in [2.24, 2.45) is 0 Å². The van der Waals surface area contributed by atoms with Crippen molar-refractivity contribution in [2.75, 3.05) is 0 Å². The van der Waals surface area contributed by atoms with Gasteiger partial charge in [-0.05, 0) is 184 Å². The number of rotatable bonds is 13. The Morgan fingerprint density at radius 2 is 0.579 bits per heavy atom. The molecule has 0 aliphatic rings. The SMILES string of the molecule is [2H]c1c([2H])c(-n2c3ccccc3c3c4oc5ccccc5c4ccc32)c([2H])c([2H])c1-c1cc(-c2ccccc2)nc(-c2ccccc2)n1.c1ccc(-c2cccc(-c3cc(-c4cccc5sc6ccccc6c45)cc(-n4c5ccccc5c5c6oc7ccccc7c6ccc54)c3)c2)cc1.c1ccc(-c2cccc(-n3c4ccccc4c4cc(-c5cc(-c6ccccc6)nc(-c6ccccc6)n5)c5oc6ccccc6c5c43)c2)cc1. The Morgan fingerprint density at radius 1 is 0.193 bits per heavy atom. The van der Waals surface area contributed by atoms with E-state index in [1.807, 2.05) is 186 Å². The molecule has 11 heteroatoms. The summed E-state index contributed by atoms with van der Waals surface area (Å²) in [6.07, 6.45) is 0. The lowest BCUT2D eigenvalue weighted by Gasteiger charge is -2.15. The molecule has 30 rings (SSSR count). The van der Waals surface area contributed by atoms with E-state index in [1.165, 1.54) is 75.5 Å². The van der Waals surface area contributed by atoms with Gasteiger partial charge in [-0.15, -0.1) is 11.3 Å². The van der Waals surface area contributed by atoms with Crippen molar-refractivity contribution < 1.29 is 18.7 Å². The summed E-state index contributed by atoms with van der Waals surface area (Å²) in [6.45, 7) is 0. The van der Waals surface area contributed by atoms with Crippen LogP contribution in [-0.2, 0) is 0 Å². The Kier molecular flexibility index (Phi) is 19.2. The maximum absolute atomic E-state index is 9.36. The molecule has 0 radical (unpaired) electrons. The molecule has 21 aromatic carbocycles. The number of thiophene rings is 1. The van der Waals surface area contributed by atoms with Crippen molar-refractivity contribution in [3.63, 3.8) is 0 Å². The van der Waals surface area contributed by atoms with Crippen molar-refractivity contribution in [3.8, 4) is 129 Å². The summed E-state index contributed by atoms with van der Waals surface area (Å²) in [5.74, 6) is 1.11. The average Bonchev–Trinajstić information content (AvgIpc) is 1.57. The minimum absolute atomic E-state index is 0.117. The van der Waals surface area contributed by atoms with Crippen LogP contribution in [0.25, 0.3) is 281 Å². The Hall–Kier alpha value is -19.2. The maximum atomic E-state index is 9.36. The number of nitrogens with zero attached hydrogens (tertiary/aromatic N) is 7. The third kappa shape index (κ3) is 14.5. The van der Waals surface area contributed by atoms with E-state index in [-0.39, 0.29) is 35.4 Å². The zero-order chi connectivity index (χ0) is 99.0. The fourth-order valence-corrected chi connectivity index (χ4v) is 22.6. The molecule has 0 atom stereocenters. The van der Waals surface area contributed by atoms with E-state index in [4.69, 9.17) is 33.2 Å². The molecular formula is C134H83N7O3S. The van der Waals surface area contributed by atoms with Gasteiger partial charge in [-0.1, -0.05) is 364 Å². The molecule has 9 aromatic heterocycles. The highest BCUT2D eigenvalue weighted by molar-refractivity contribution is 7.26. The molecule has 145 heavy (non-hydrogen) atoms. The molecule has 0 saturated carbocycles. The summed E-state index contributed by atoms with van der Waals surface area (Å²) in [6, 6.07) is 165. The first kappa shape index (κ1) is 79.7. The zero-order valence-electron chi connectivity index (χ0n) is 81.9. The lowest BCUT2D eigenvalue weighted by atomic mass is 9.93. The van der Waals surface area contributed by atoms with E-state index in [0.717, 1.165) is 171 Å². The largest absolute Gasteiger partial charge is 0.455 e. The Balaban J connectivity index is 0.000000108. The van der Waals surface area contributed by atoms with Gasteiger partial charge in [0.1, 0.15) is 33.5 Å². The van der Waals surface area contributed by atoms with Gasteiger partial charge in [-0.2, -0.15) is 0 Å². The Bertz CT molecular complexity index is 10500. The summed E-state index contributed by atoms with van der Waals surface area (Å²) in [5.41, 5.74) is 30.2. The zero-order valence-corrected chi connectivity index (χ0v) is 78.7. The van der Waals surface area contributed by atoms with Crippen LogP contribution < -0.4 is 0 Å². The van der Waals surface area contributed by atoms with Gasteiger partial charge < -0.3 is 27.0 Å². The normalized spacial score (nSPS) is 12.1. The van der Waals surface area contributed by atoms with Crippen molar-refractivity contribution in [1.29, 1.82) is 0 Å². The van der Waals surface area contributed by atoms with Gasteiger partial charge in [0, 0.05) is 119 Å². The van der Waals surface area contributed by atoms with Crippen LogP contribution in [-0.4, -0.2) is 33.6 Å². The minimum Gasteiger partial charge on any atom is -0.455 e. The van der Waals surface area contributed by atoms with Gasteiger partial charge in [0.05, 0.1) is 77.5 Å². The molecule has 0 N–H and O–H groups in total. The number of para-hydroxylation sites is 6. The smallest absolute Gasteiger partial charge is 0.160 e. The minimum atomic E-state index is -0.182. The molecule has 0 aliphatic heterocycles. The van der Waals surface area contributed by atoms with Crippen LogP contribution in [0.15, 0.2) is 517 Å². The number of aromatic nitrogens is 7. The van der Waals surface area contributed by atoms with Crippen molar-refractivity contribution in [2.45, 2.75) is 0 Å². The third-order valence-corrected chi connectivity index (χ3v) is 29.2. The van der Waals surface area contributed by atoms with Gasteiger partial charge in [0.2, 0.25) is 0 Å². The second-order valence-corrected chi connectivity index (χ2v) is 37.7. The van der Waals surface area contributed by atoms with Crippen LogP contribution in [0.4, 0.5) is 0 Å². The summed E-state index contributed by atoms with van der Waals surface area (Å²) < 4.78 is 66.5. The van der Waals surface area contributed by atoms with Gasteiger partial charge in [-0.25, -0.2) is 19.9 Å². The summed E-state index contributed by atoms with van der Waals surface area (Å²) in [4.78, 5) is 19.9. The highest BCUT2D eigenvalue weighted by atomic mass is 32.1. The van der Waals surface area contributed by atoms with Crippen LogP contribution in [0.1, 0.15) is 5.48 Å². The maximum Gasteiger partial charge on any atom is 0.160 e. The van der Waals surface area contributed by atoms with Gasteiger partial charge in [-0.3, -0.25) is 0 Å². The van der Waals surface area contributed by atoms with Crippen LogP contribution in [0.3, 0.4) is 0 Å². The predicted octanol–water partition coefficient (Wildman–Crippen LogP) is 36.7. The van der Waals surface area contributed by atoms with E-state index < -0.39 is 0 Å². The second kappa shape index (κ2) is 35.0. The topological polar surface area (TPSA) is 106 Å². The third-order valence-electron chi connectivity index (χ3n) is 28.1. The van der Waals surface area contributed by atoms with Crippen LogP contribution in [0.2, 0.25) is 0 Å². The molecule has 0 aliphatic carbocycles. The molecule has 9 heterocycles. The first-order valence-electron chi connectivity index (χ1n) is 50.6. The lowest BCUT2D eigenvalue weighted by Crippen LogP contribution is -1.97. The number of hydrogen-bond acceptors (Lipinski definition) is 8. The van der Waals surface area contributed by atoms with E-state index >= 15 is 0 Å². The second-order valence-electron chi connectivity index (χ2n) is 36.6. The van der Waals surface area contributed by atoms with Crippen molar-refractivity contribution >= 4 is 163 Å². The molecule has 0 amide bonds. The molecule has 0 bridgehead atoms. The molecule has 0 spiro atoms. The number of fused-ring (bicyclic) bond motifs is 24. The van der Waals surface area contributed by atoms with Gasteiger partial charge in [0.25, 0.3) is 0 Å². The summed E-state index contributed by atoms with van der Waals surface area (Å²) in [5, 5.41) is 15.4. The predicted molar refractivity (Wildman–Crippen MR) is 603 cm³/mol. The molecular weight excluding hydrogens is 1790 g/mol. The summed E-state index contributed by atoms with van der Waals surface area (Å²) >= 11 is 1.86. The Labute approximate surface area is 842 Å². The van der Waals surface area contributed by atoms with Gasteiger partial charge >= 0.3 is 0 Å². The molecule has 10 nitrogen and oxygen atoms in total. The molecule has 0 saturated heterocycles. The standard InChI is InChI=1S/C48H29NOS.C46H29N3O.C40H25N3O/c1-2-12-30(13-3-1)31-14-10-15-32(26-31)33-27-34(36-19-11-23-45-46(36)40-18-6-9-22-44(40)51-45)29-35(28-33)49-41-20-7-4-17-39(41)47-42(49)25-24-38-37-16-5-8-21-43(37)50-48(38)47;1-4-15-30(16-5-1)33-21-14-22-34(27-33)49-41-25-12-10-23-35(41)37-28-38(45-43(44(37)49)36-24-11-13-26-42(36)50-45)40-29-39(31-17-6-2-7-18-31)47-46(48-40)32-19-8-3-9-20-32;1-3-11-26(12-4-1)33-25-34(42-40(41-33)28-13-5-2-6-14-28)27-19-21-29(22-20-27)43-35-17-9-7-16-32(35)38-36(43)24-23-31-30-15-8-10-18-37(30)44-39(31)38/h1-29H;1-29H;1-25H/i;;19D,20D,21D,22D. The van der Waals surface area contributed by atoms with Gasteiger partial charge in [0.15, 0.2) is 11.6 Å². The molecule has 30 aromatic rings. The summed E-state index contributed by atoms with van der Waals surface area (Å²) in [7, 11) is 0. The van der Waals surface area contributed by atoms with Crippen molar-refractivity contribution in [1.82, 2.24) is 33.6 Å². The molecule has 0 unspecified atom stereocenters. The number of furan rings is 3. The molecule has 0 fully saturated rings. The van der Waals surface area contributed by atoms with Crippen molar-refractivity contribution in [3.05, 3.63) is 503 Å². The fourth-order valence-electron chi connectivity index (χ4n) is 21.5. The van der Waals surface area contributed by atoms with E-state index in [9.17, 15) is 5.48 Å². The van der Waals surface area contributed by atoms with E-state index in [0.29, 0.717) is 23.0 Å². The van der Waals surface area contributed by atoms with Crippen LogP contribution in [0.5, 0.6) is 0 Å². The Morgan fingerprint density at radius 3 is 1.14 bits per heavy atom. The highest BCUT2D eigenvalue weighted by Crippen LogP contribution is 2.50. The average molecular weight is 1880 g/mol. The number of hydrogen-bond donors (Lipinski definition) is 0. The lowest BCUT2D eigenvalue weighted by molar-refractivity contribution is 0.670.